The smallest absolute Gasteiger partial charge is 0.138 e. The number of thiophene rings is 1. The van der Waals surface area contributed by atoms with Crippen LogP contribution in [-0.2, 0) is 0 Å². The van der Waals surface area contributed by atoms with Gasteiger partial charge in [-0.3, -0.25) is 0 Å². The van der Waals surface area contributed by atoms with Gasteiger partial charge in [0, 0.05) is 71.3 Å². The van der Waals surface area contributed by atoms with Crippen molar-refractivity contribution in [3.05, 3.63) is 218 Å². The van der Waals surface area contributed by atoms with Gasteiger partial charge in [0.2, 0.25) is 0 Å². The Hall–Kier alpha value is -7.92. The van der Waals surface area contributed by atoms with Crippen LogP contribution < -0.4 is 4.90 Å². The second-order valence-electron chi connectivity index (χ2n) is 16.0. The molecule has 0 aliphatic carbocycles. The van der Waals surface area contributed by atoms with Gasteiger partial charge in [-0.2, -0.15) is 0 Å². The monoisotopic (exact) mass is 808 g/mol. The van der Waals surface area contributed by atoms with E-state index in [-0.39, 0.29) is 0 Å². The standard InChI is InChI=1S/C58H36N2OS/c1-3-17-38(18-4-1)54-55-48-28-14-26-45(43-25-13-19-37-16-7-8-22-42(37)43)57(48)60(50(55)36-52-56(54)47-24-9-11-30-51(47)61-52)41-34-32-40(33-35-41)59(39-20-5-2-6-21-39)49-29-15-27-46-44-23-10-12-31-53(44)62-58(46)49/h1-36H. The molecule has 0 unspecified atom stereocenters. The Kier molecular flexibility index (Phi) is 7.78. The molecule has 0 saturated carbocycles. The van der Waals surface area contributed by atoms with Gasteiger partial charge in [-0.25, -0.2) is 0 Å². The fourth-order valence-electron chi connectivity index (χ4n) is 9.93. The Balaban J connectivity index is 1.11. The number of aromatic nitrogens is 1. The highest BCUT2D eigenvalue weighted by atomic mass is 32.1. The molecule has 3 nitrogen and oxygen atoms in total. The molecule has 0 N–H and O–H groups in total. The van der Waals surface area contributed by atoms with E-state index < -0.39 is 0 Å². The summed E-state index contributed by atoms with van der Waals surface area (Å²) < 4.78 is 11.8. The number of hydrogen-bond donors (Lipinski definition) is 0. The molecule has 0 bridgehead atoms. The van der Waals surface area contributed by atoms with Gasteiger partial charge in [-0.15, -0.1) is 11.3 Å². The number of rotatable bonds is 6. The maximum Gasteiger partial charge on any atom is 0.138 e. The summed E-state index contributed by atoms with van der Waals surface area (Å²) in [4.78, 5) is 2.40. The molecule has 0 radical (unpaired) electrons. The summed E-state index contributed by atoms with van der Waals surface area (Å²) in [6.07, 6.45) is 0. The van der Waals surface area contributed by atoms with Gasteiger partial charge in [-0.1, -0.05) is 158 Å². The zero-order valence-electron chi connectivity index (χ0n) is 33.5. The molecule has 10 aromatic carbocycles. The molecule has 13 rings (SSSR count). The van der Waals surface area contributed by atoms with Gasteiger partial charge in [0.15, 0.2) is 0 Å². The number of fused-ring (bicyclic) bond motifs is 10. The second kappa shape index (κ2) is 13.8. The van der Waals surface area contributed by atoms with Crippen LogP contribution in [0.15, 0.2) is 223 Å². The average molecular weight is 809 g/mol. The Morgan fingerprint density at radius 1 is 0.435 bits per heavy atom. The van der Waals surface area contributed by atoms with E-state index in [1.807, 2.05) is 11.3 Å². The third kappa shape index (κ3) is 5.24. The van der Waals surface area contributed by atoms with E-state index in [2.05, 4.69) is 228 Å². The summed E-state index contributed by atoms with van der Waals surface area (Å²) in [6.45, 7) is 0. The van der Waals surface area contributed by atoms with Gasteiger partial charge >= 0.3 is 0 Å². The zero-order chi connectivity index (χ0) is 40.7. The van der Waals surface area contributed by atoms with Crippen molar-refractivity contribution in [1.29, 1.82) is 0 Å². The minimum Gasteiger partial charge on any atom is -0.456 e. The van der Waals surface area contributed by atoms with Crippen LogP contribution in [0.1, 0.15) is 0 Å². The van der Waals surface area contributed by atoms with Gasteiger partial charge in [0.05, 0.1) is 21.4 Å². The summed E-state index contributed by atoms with van der Waals surface area (Å²) in [5.41, 5.74) is 13.2. The molecule has 0 saturated heterocycles. The predicted molar refractivity (Wildman–Crippen MR) is 264 cm³/mol. The molecule has 0 aliphatic rings. The Morgan fingerprint density at radius 3 is 1.92 bits per heavy atom. The fourth-order valence-corrected chi connectivity index (χ4v) is 11.1. The Morgan fingerprint density at radius 2 is 1.06 bits per heavy atom. The normalized spacial score (nSPS) is 11.9. The first-order valence-corrected chi connectivity index (χ1v) is 21.9. The average Bonchev–Trinajstić information content (AvgIpc) is 4.02. The third-order valence-electron chi connectivity index (χ3n) is 12.6. The van der Waals surface area contributed by atoms with E-state index >= 15 is 0 Å². The highest BCUT2D eigenvalue weighted by Gasteiger charge is 2.25. The molecule has 4 heteroatoms. The lowest BCUT2D eigenvalue weighted by atomic mass is 9.93. The van der Waals surface area contributed by atoms with Crippen molar-refractivity contribution < 1.29 is 4.42 Å². The van der Waals surface area contributed by atoms with Crippen LogP contribution in [0.3, 0.4) is 0 Å². The second-order valence-corrected chi connectivity index (χ2v) is 17.0. The maximum absolute atomic E-state index is 6.77. The molecule has 290 valence electrons. The summed E-state index contributed by atoms with van der Waals surface area (Å²) in [5, 5.41) is 9.68. The molecule has 3 aromatic heterocycles. The molecule has 13 aromatic rings. The highest BCUT2D eigenvalue weighted by molar-refractivity contribution is 7.26. The first kappa shape index (κ1) is 34.9. The van der Waals surface area contributed by atoms with Crippen LogP contribution in [-0.4, -0.2) is 4.57 Å². The number of para-hydroxylation sites is 3. The van der Waals surface area contributed by atoms with Crippen molar-refractivity contribution in [2.45, 2.75) is 0 Å². The maximum atomic E-state index is 6.77. The van der Waals surface area contributed by atoms with Crippen LogP contribution in [0.25, 0.3) is 103 Å². The van der Waals surface area contributed by atoms with Gasteiger partial charge in [0.25, 0.3) is 0 Å². The van der Waals surface area contributed by atoms with Crippen molar-refractivity contribution >= 4 is 103 Å². The Labute approximate surface area is 361 Å². The van der Waals surface area contributed by atoms with Gasteiger partial charge in [0.1, 0.15) is 11.2 Å². The minimum atomic E-state index is 0.872. The fraction of sp³-hybridized carbons (Fsp3) is 0. The summed E-state index contributed by atoms with van der Waals surface area (Å²) in [7, 11) is 0. The highest BCUT2D eigenvalue weighted by Crippen LogP contribution is 2.49. The molecule has 0 fully saturated rings. The van der Waals surface area contributed by atoms with Crippen LogP contribution in [0.5, 0.6) is 0 Å². The number of furan rings is 1. The van der Waals surface area contributed by atoms with Crippen LogP contribution in [0.4, 0.5) is 17.1 Å². The number of nitrogens with zero attached hydrogens (tertiary/aromatic N) is 2. The molecule has 3 heterocycles. The lowest BCUT2D eigenvalue weighted by Crippen LogP contribution is -2.10. The summed E-state index contributed by atoms with van der Waals surface area (Å²) in [6, 6.07) is 79.1. The van der Waals surface area contributed by atoms with Crippen LogP contribution >= 0.6 is 11.3 Å². The van der Waals surface area contributed by atoms with E-state index in [1.165, 1.54) is 58.4 Å². The summed E-state index contributed by atoms with van der Waals surface area (Å²) >= 11 is 1.86. The van der Waals surface area contributed by atoms with Crippen LogP contribution in [0.2, 0.25) is 0 Å². The first-order chi connectivity index (χ1) is 30.8. The molecule has 0 atom stereocenters. The van der Waals surface area contributed by atoms with Crippen molar-refractivity contribution in [2.24, 2.45) is 0 Å². The van der Waals surface area contributed by atoms with Gasteiger partial charge < -0.3 is 13.9 Å². The van der Waals surface area contributed by atoms with Gasteiger partial charge in [-0.05, 0) is 76.5 Å². The number of benzene rings is 10. The van der Waals surface area contributed by atoms with E-state index in [4.69, 9.17) is 4.42 Å². The van der Waals surface area contributed by atoms with Crippen molar-refractivity contribution in [1.82, 2.24) is 4.57 Å². The SMILES string of the molecule is c1ccc(-c2c3c(cc4c2c2cccc(-c5cccc6ccccc56)c2n4-c2ccc(N(c4ccccc4)c4cccc5c4sc4ccccc45)cc2)oc2ccccc23)cc1. The topological polar surface area (TPSA) is 21.3 Å². The third-order valence-corrected chi connectivity index (χ3v) is 13.8. The van der Waals surface area contributed by atoms with Crippen molar-refractivity contribution in [3.8, 4) is 27.9 Å². The number of anilines is 3. The quantitative estimate of drug-likeness (QED) is 0.167. The minimum absolute atomic E-state index is 0.872. The predicted octanol–water partition coefficient (Wildman–Crippen LogP) is 17.0. The molecular weight excluding hydrogens is 773 g/mol. The van der Waals surface area contributed by atoms with E-state index in [9.17, 15) is 0 Å². The van der Waals surface area contributed by atoms with E-state index in [1.54, 1.807) is 0 Å². The molecule has 0 spiro atoms. The molecular formula is C58H36N2OS. The zero-order valence-corrected chi connectivity index (χ0v) is 34.3. The van der Waals surface area contributed by atoms with Crippen molar-refractivity contribution in [2.75, 3.05) is 4.90 Å². The Bertz CT molecular complexity index is 3850. The molecule has 0 aliphatic heterocycles. The molecule has 62 heavy (non-hydrogen) atoms. The molecule has 0 amide bonds. The lowest BCUT2D eigenvalue weighted by Gasteiger charge is -2.26. The van der Waals surface area contributed by atoms with E-state index in [0.29, 0.717) is 0 Å². The lowest BCUT2D eigenvalue weighted by molar-refractivity contribution is 0.669. The summed E-state index contributed by atoms with van der Waals surface area (Å²) in [5.74, 6) is 0. The van der Waals surface area contributed by atoms with Crippen LogP contribution in [0, 0.1) is 0 Å². The largest absolute Gasteiger partial charge is 0.456 e. The first-order valence-electron chi connectivity index (χ1n) is 21.1. The van der Waals surface area contributed by atoms with E-state index in [0.717, 1.165) is 61.3 Å². The van der Waals surface area contributed by atoms with Crippen molar-refractivity contribution in [3.63, 3.8) is 0 Å². The number of hydrogen-bond acceptors (Lipinski definition) is 3.